The molecule has 0 aromatic heterocycles. The van der Waals surface area contributed by atoms with Crippen molar-refractivity contribution >= 4 is 21.9 Å². The number of ketones is 1. The molecule has 1 fully saturated rings. The number of rotatable bonds is 4. The molecule has 1 unspecified atom stereocenters. The van der Waals surface area contributed by atoms with E-state index in [0.717, 1.165) is 12.8 Å². The van der Waals surface area contributed by atoms with Crippen LogP contribution in [0.15, 0.2) is 30.3 Å². The zero-order valence-electron chi connectivity index (χ0n) is 11.9. The third-order valence-electron chi connectivity index (χ3n) is 3.69. The highest BCUT2D eigenvalue weighted by atomic mass is 32.2. The van der Waals surface area contributed by atoms with E-state index in [-0.39, 0.29) is 11.0 Å². The Kier molecular flexibility index (Phi) is 5.65. The number of Topliss-reactive ketones (excluding diaryl/α,β-unsaturated/α-hetero) is 1. The van der Waals surface area contributed by atoms with E-state index in [1.807, 2.05) is 24.5 Å². The van der Waals surface area contributed by atoms with Crippen LogP contribution in [0.5, 0.6) is 0 Å². The van der Waals surface area contributed by atoms with Crippen LogP contribution in [0.1, 0.15) is 42.5 Å². The van der Waals surface area contributed by atoms with Gasteiger partial charge in [0, 0.05) is 11.6 Å². The lowest BCUT2D eigenvalue weighted by molar-refractivity contribution is 0.102. The first-order chi connectivity index (χ1) is 9.66. The van der Waals surface area contributed by atoms with Crippen LogP contribution in [0, 0.1) is 0 Å². The van der Waals surface area contributed by atoms with Gasteiger partial charge < -0.3 is 5.32 Å². The molecule has 1 aliphatic rings. The number of hydrogen-bond acceptors (Lipinski definition) is 2. The minimum Gasteiger partial charge on any atom is -0.309 e. The Morgan fingerprint density at radius 3 is 2.45 bits per heavy atom. The van der Waals surface area contributed by atoms with Crippen LogP contribution in [0.4, 0.5) is 4.79 Å². The zero-order chi connectivity index (χ0) is 14.4. The highest BCUT2D eigenvalue weighted by Crippen LogP contribution is 2.18. The zero-order valence-corrected chi connectivity index (χ0v) is 12.7. The van der Waals surface area contributed by atoms with E-state index in [9.17, 15) is 9.59 Å². The van der Waals surface area contributed by atoms with E-state index >= 15 is 0 Å². The molecular formula is C16H22NO2S+. The predicted molar refractivity (Wildman–Crippen MR) is 84.3 cm³/mol. The van der Waals surface area contributed by atoms with Gasteiger partial charge in [0.2, 0.25) is 5.78 Å². The standard InChI is InChI=1S/C16H21NO2S/c1-20(12-15(18)13-8-4-2-5-9-13)16(19)17-14-10-6-3-7-11-14/h2,4-5,8-9,14H,3,6-7,10-12H2,1H3/p+1. The number of amides is 1. The van der Waals surface area contributed by atoms with Crippen molar-refractivity contribution < 1.29 is 9.59 Å². The van der Waals surface area contributed by atoms with Crippen molar-refractivity contribution in [2.24, 2.45) is 0 Å². The van der Waals surface area contributed by atoms with Crippen LogP contribution in [0.2, 0.25) is 0 Å². The third-order valence-corrected chi connectivity index (χ3v) is 5.13. The molecule has 4 heteroatoms. The van der Waals surface area contributed by atoms with E-state index in [0.29, 0.717) is 17.4 Å². The monoisotopic (exact) mass is 292 g/mol. The van der Waals surface area contributed by atoms with Crippen LogP contribution < -0.4 is 5.32 Å². The Hall–Kier alpha value is -1.29. The molecule has 108 valence electrons. The second-order valence-electron chi connectivity index (χ2n) is 5.34. The molecule has 3 nitrogen and oxygen atoms in total. The summed E-state index contributed by atoms with van der Waals surface area (Å²) in [7, 11) is -0.547. The summed E-state index contributed by atoms with van der Waals surface area (Å²) in [6.07, 6.45) is 7.69. The lowest BCUT2D eigenvalue weighted by atomic mass is 9.96. The van der Waals surface area contributed by atoms with Crippen LogP contribution >= 0.6 is 0 Å². The quantitative estimate of drug-likeness (QED) is 0.684. The minimum atomic E-state index is -0.547. The van der Waals surface area contributed by atoms with Crippen molar-refractivity contribution in [1.82, 2.24) is 5.32 Å². The molecule has 0 radical (unpaired) electrons. The normalized spacial score (nSPS) is 17.4. The average molecular weight is 292 g/mol. The molecule has 0 aliphatic heterocycles. The Morgan fingerprint density at radius 1 is 1.15 bits per heavy atom. The van der Waals surface area contributed by atoms with E-state index in [2.05, 4.69) is 5.32 Å². The van der Waals surface area contributed by atoms with Gasteiger partial charge in [-0.2, -0.15) is 0 Å². The van der Waals surface area contributed by atoms with Gasteiger partial charge in [-0.05, 0) is 12.8 Å². The summed E-state index contributed by atoms with van der Waals surface area (Å²) in [5, 5.41) is 3.14. The van der Waals surface area contributed by atoms with Crippen LogP contribution in [0.3, 0.4) is 0 Å². The molecule has 1 atom stereocenters. The first kappa shape index (κ1) is 15.1. The Balaban J connectivity index is 1.83. The van der Waals surface area contributed by atoms with Crippen molar-refractivity contribution in [1.29, 1.82) is 0 Å². The molecule has 0 heterocycles. The maximum Gasteiger partial charge on any atom is 0.429 e. The van der Waals surface area contributed by atoms with Crippen molar-refractivity contribution in [3.8, 4) is 0 Å². The van der Waals surface area contributed by atoms with Gasteiger partial charge in [-0.1, -0.05) is 49.6 Å². The fraction of sp³-hybridized carbons (Fsp3) is 0.500. The van der Waals surface area contributed by atoms with Crippen LogP contribution in [-0.2, 0) is 10.9 Å². The molecule has 0 bridgehead atoms. The third kappa shape index (κ3) is 4.37. The smallest absolute Gasteiger partial charge is 0.309 e. The van der Waals surface area contributed by atoms with E-state index < -0.39 is 10.9 Å². The second kappa shape index (κ2) is 7.48. The summed E-state index contributed by atoms with van der Waals surface area (Å²) in [6, 6.07) is 9.51. The average Bonchev–Trinajstić information content (AvgIpc) is 2.49. The maximum absolute atomic E-state index is 12.1. The van der Waals surface area contributed by atoms with Crippen molar-refractivity contribution in [2.45, 2.75) is 38.1 Å². The van der Waals surface area contributed by atoms with Gasteiger partial charge in [-0.25, -0.2) is 4.79 Å². The fourth-order valence-corrected chi connectivity index (χ4v) is 3.54. The first-order valence-corrected chi connectivity index (χ1v) is 8.98. The molecule has 1 amide bonds. The summed E-state index contributed by atoms with van der Waals surface area (Å²) in [5.74, 6) is 0.359. The van der Waals surface area contributed by atoms with E-state index in [4.69, 9.17) is 0 Å². The van der Waals surface area contributed by atoms with Crippen molar-refractivity contribution in [3.05, 3.63) is 35.9 Å². The molecular weight excluding hydrogens is 270 g/mol. The predicted octanol–water partition coefficient (Wildman–Crippen LogP) is 3.16. The van der Waals surface area contributed by atoms with Crippen LogP contribution in [-0.4, -0.2) is 29.1 Å². The summed E-state index contributed by atoms with van der Waals surface area (Å²) < 4.78 is 0. The lowest BCUT2D eigenvalue weighted by Crippen LogP contribution is -2.40. The molecule has 0 spiro atoms. The van der Waals surface area contributed by atoms with Crippen molar-refractivity contribution in [3.63, 3.8) is 0 Å². The molecule has 2 rings (SSSR count). The van der Waals surface area contributed by atoms with Gasteiger partial charge in [0.15, 0.2) is 5.75 Å². The molecule has 1 N–H and O–H groups in total. The van der Waals surface area contributed by atoms with Crippen molar-refractivity contribution in [2.75, 3.05) is 12.0 Å². The SMILES string of the molecule is C[S+](CC(=O)c1ccccc1)C(=O)NC1CCCCC1. The van der Waals surface area contributed by atoms with Gasteiger partial charge in [-0.15, -0.1) is 0 Å². The topological polar surface area (TPSA) is 46.2 Å². The van der Waals surface area contributed by atoms with E-state index in [1.165, 1.54) is 19.3 Å². The first-order valence-electron chi connectivity index (χ1n) is 7.18. The Labute approximate surface area is 123 Å². The maximum atomic E-state index is 12.1. The van der Waals surface area contributed by atoms with Gasteiger partial charge in [0.25, 0.3) is 0 Å². The molecule has 1 aromatic rings. The molecule has 0 saturated heterocycles. The lowest BCUT2D eigenvalue weighted by Gasteiger charge is -2.21. The summed E-state index contributed by atoms with van der Waals surface area (Å²) in [6.45, 7) is 0. The second-order valence-corrected chi connectivity index (χ2v) is 7.27. The summed E-state index contributed by atoms with van der Waals surface area (Å²) in [5.41, 5.74) is 0.692. The van der Waals surface area contributed by atoms with Gasteiger partial charge in [0.1, 0.15) is 6.26 Å². The number of carbonyl (C=O) groups is 2. The number of nitrogens with one attached hydrogen (secondary N) is 1. The summed E-state index contributed by atoms with van der Waals surface area (Å²) >= 11 is 0. The molecule has 1 aromatic carbocycles. The highest BCUT2D eigenvalue weighted by molar-refractivity contribution is 8.10. The number of carbonyl (C=O) groups excluding carboxylic acids is 2. The number of hydrogen-bond donors (Lipinski definition) is 1. The largest absolute Gasteiger partial charge is 0.429 e. The number of benzene rings is 1. The van der Waals surface area contributed by atoms with E-state index in [1.54, 1.807) is 12.1 Å². The Morgan fingerprint density at radius 2 is 1.80 bits per heavy atom. The highest BCUT2D eigenvalue weighted by Gasteiger charge is 2.29. The molecule has 1 aliphatic carbocycles. The van der Waals surface area contributed by atoms with Gasteiger partial charge in [-0.3, -0.25) is 4.79 Å². The van der Waals surface area contributed by atoms with Gasteiger partial charge in [0.05, 0.1) is 10.9 Å². The molecule has 1 saturated carbocycles. The molecule has 20 heavy (non-hydrogen) atoms. The fourth-order valence-electron chi connectivity index (χ4n) is 2.48. The van der Waals surface area contributed by atoms with Gasteiger partial charge >= 0.3 is 5.24 Å². The Bertz CT molecular complexity index is 455. The minimum absolute atomic E-state index is 0.0428. The van der Waals surface area contributed by atoms with Crippen LogP contribution in [0.25, 0.3) is 0 Å². The summed E-state index contributed by atoms with van der Waals surface area (Å²) in [4.78, 5) is 24.2.